The summed E-state index contributed by atoms with van der Waals surface area (Å²) in [6.07, 6.45) is 1.44. The summed E-state index contributed by atoms with van der Waals surface area (Å²) in [5.74, 6) is -0.128. The van der Waals surface area contributed by atoms with Crippen LogP contribution < -0.4 is 5.32 Å². The molecule has 0 radical (unpaired) electrons. The molecule has 0 saturated heterocycles. The predicted molar refractivity (Wildman–Crippen MR) is 69.2 cm³/mol. The summed E-state index contributed by atoms with van der Waals surface area (Å²) >= 11 is 5.72. The van der Waals surface area contributed by atoms with Crippen molar-refractivity contribution in [3.63, 3.8) is 0 Å². The van der Waals surface area contributed by atoms with E-state index in [4.69, 9.17) is 11.6 Å². The van der Waals surface area contributed by atoms with E-state index in [9.17, 15) is 20.0 Å². The lowest BCUT2D eigenvalue weighted by Gasteiger charge is -2.10. The molecule has 7 heteroatoms. The van der Waals surface area contributed by atoms with Gasteiger partial charge in [0.05, 0.1) is 11.0 Å². The van der Waals surface area contributed by atoms with Gasteiger partial charge in [-0.15, -0.1) is 0 Å². The first kappa shape index (κ1) is 13.8. The molecule has 0 heterocycles. The second kappa shape index (κ2) is 5.54. The van der Waals surface area contributed by atoms with Gasteiger partial charge in [0.25, 0.3) is 11.6 Å². The number of hydrogen-bond donors (Lipinski definition) is 2. The van der Waals surface area contributed by atoms with Crippen molar-refractivity contribution < 1.29 is 14.8 Å². The van der Waals surface area contributed by atoms with Gasteiger partial charge in [-0.3, -0.25) is 14.9 Å². The van der Waals surface area contributed by atoms with Crippen molar-refractivity contribution in [2.45, 2.75) is 18.9 Å². The highest BCUT2D eigenvalue weighted by atomic mass is 35.5. The number of aliphatic hydroxyl groups is 1. The summed E-state index contributed by atoms with van der Waals surface area (Å²) in [5, 5.41) is 22.7. The molecule has 102 valence electrons. The van der Waals surface area contributed by atoms with Gasteiger partial charge in [-0.05, 0) is 30.9 Å². The Kier molecular flexibility index (Phi) is 4.01. The number of aliphatic hydroxyl groups excluding tert-OH is 1. The van der Waals surface area contributed by atoms with E-state index < -0.39 is 16.9 Å². The fraction of sp³-hybridized carbons (Fsp3) is 0.417. The molecule has 1 aromatic carbocycles. The molecule has 1 saturated carbocycles. The van der Waals surface area contributed by atoms with Crippen molar-refractivity contribution in [1.29, 1.82) is 0 Å². The molecule has 0 aromatic heterocycles. The van der Waals surface area contributed by atoms with Gasteiger partial charge in [-0.25, -0.2) is 0 Å². The Bertz CT molecular complexity index is 516. The molecule has 0 spiro atoms. The Morgan fingerprint density at radius 1 is 1.58 bits per heavy atom. The molecule has 1 aliphatic rings. The molecule has 0 bridgehead atoms. The van der Waals surface area contributed by atoms with E-state index in [2.05, 4.69) is 5.32 Å². The fourth-order valence-electron chi connectivity index (χ4n) is 1.74. The zero-order valence-electron chi connectivity index (χ0n) is 10.0. The quantitative estimate of drug-likeness (QED) is 0.636. The summed E-state index contributed by atoms with van der Waals surface area (Å²) in [7, 11) is 0. The van der Waals surface area contributed by atoms with E-state index in [-0.39, 0.29) is 28.7 Å². The van der Waals surface area contributed by atoms with Crippen molar-refractivity contribution in [2.75, 3.05) is 6.54 Å². The molecule has 2 N–H and O–H groups in total. The molecule has 1 aromatic rings. The lowest BCUT2D eigenvalue weighted by molar-refractivity contribution is -0.384. The summed E-state index contributed by atoms with van der Waals surface area (Å²) in [5.41, 5.74) is -0.00479. The van der Waals surface area contributed by atoms with Gasteiger partial charge in [0.2, 0.25) is 0 Å². The third-order valence-electron chi connectivity index (χ3n) is 3.04. The smallest absolute Gasteiger partial charge is 0.287 e. The van der Waals surface area contributed by atoms with Gasteiger partial charge < -0.3 is 10.4 Å². The van der Waals surface area contributed by atoms with Crippen molar-refractivity contribution >= 4 is 23.2 Å². The van der Waals surface area contributed by atoms with Crippen molar-refractivity contribution in [2.24, 2.45) is 5.92 Å². The van der Waals surface area contributed by atoms with Gasteiger partial charge in [-0.2, -0.15) is 0 Å². The fourth-order valence-corrected chi connectivity index (χ4v) is 1.99. The standard InChI is InChI=1S/C12H13ClN2O4/c13-9-5-8(3-4-10(9)15(18)19)12(17)14-6-11(16)7-1-2-7/h3-5,7,11,16H,1-2,6H2,(H,14,17). The molecule has 1 fully saturated rings. The molecular formula is C12H13ClN2O4. The SMILES string of the molecule is O=C(NCC(O)C1CC1)c1ccc([N+](=O)[O-])c(Cl)c1. The molecule has 1 aliphatic carbocycles. The maximum absolute atomic E-state index is 11.8. The minimum atomic E-state index is -0.610. The molecule has 0 aliphatic heterocycles. The summed E-state index contributed by atoms with van der Waals surface area (Å²) < 4.78 is 0. The predicted octanol–water partition coefficient (Wildman–Crippen LogP) is 1.75. The second-order valence-electron chi connectivity index (χ2n) is 4.54. The van der Waals surface area contributed by atoms with Gasteiger partial charge in [0.1, 0.15) is 5.02 Å². The van der Waals surface area contributed by atoms with Crippen molar-refractivity contribution in [3.05, 3.63) is 38.9 Å². The maximum Gasteiger partial charge on any atom is 0.287 e. The summed E-state index contributed by atoms with van der Waals surface area (Å²) in [4.78, 5) is 21.8. The number of carbonyl (C=O) groups excluding carboxylic acids is 1. The number of nitro groups is 1. The maximum atomic E-state index is 11.8. The Morgan fingerprint density at radius 3 is 2.79 bits per heavy atom. The van der Waals surface area contributed by atoms with E-state index in [1.54, 1.807) is 0 Å². The lowest BCUT2D eigenvalue weighted by atomic mass is 10.2. The van der Waals surface area contributed by atoms with E-state index in [1.807, 2.05) is 0 Å². The van der Waals surface area contributed by atoms with E-state index >= 15 is 0 Å². The number of nitrogens with zero attached hydrogens (tertiary/aromatic N) is 1. The number of benzene rings is 1. The Hall–Kier alpha value is -1.66. The largest absolute Gasteiger partial charge is 0.391 e. The van der Waals surface area contributed by atoms with E-state index in [0.717, 1.165) is 12.8 Å². The zero-order chi connectivity index (χ0) is 14.0. The minimum absolute atomic E-state index is 0.0830. The monoisotopic (exact) mass is 284 g/mol. The van der Waals surface area contributed by atoms with Crippen LogP contribution >= 0.6 is 11.6 Å². The number of hydrogen-bond acceptors (Lipinski definition) is 4. The zero-order valence-corrected chi connectivity index (χ0v) is 10.8. The van der Waals surface area contributed by atoms with Crippen LogP contribution in [-0.2, 0) is 0 Å². The molecule has 2 rings (SSSR count). The summed E-state index contributed by atoms with van der Waals surface area (Å²) in [6.45, 7) is 0.179. The van der Waals surface area contributed by atoms with Crippen LogP contribution in [0.1, 0.15) is 23.2 Å². The van der Waals surface area contributed by atoms with Gasteiger partial charge in [0, 0.05) is 18.2 Å². The molecule has 1 atom stereocenters. The van der Waals surface area contributed by atoms with Crippen LogP contribution in [0.15, 0.2) is 18.2 Å². The Morgan fingerprint density at radius 2 is 2.26 bits per heavy atom. The number of rotatable bonds is 5. The van der Waals surface area contributed by atoms with Crippen LogP contribution in [0.2, 0.25) is 5.02 Å². The minimum Gasteiger partial charge on any atom is -0.391 e. The number of amides is 1. The Labute approximate surface area is 114 Å². The number of nitrogens with one attached hydrogen (secondary N) is 1. The molecule has 19 heavy (non-hydrogen) atoms. The lowest BCUT2D eigenvalue weighted by Crippen LogP contribution is -2.33. The molecule has 1 unspecified atom stereocenters. The van der Waals surface area contributed by atoms with Crippen molar-refractivity contribution in [1.82, 2.24) is 5.32 Å². The van der Waals surface area contributed by atoms with Crippen LogP contribution in [0.5, 0.6) is 0 Å². The average Bonchev–Trinajstić information content (AvgIpc) is 3.19. The van der Waals surface area contributed by atoms with Gasteiger partial charge >= 0.3 is 0 Å². The van der Waals surface area contributed by atoms with E-state index in [0.29, 0.717) is 0 Å². The third kappa shape index (κ3) is 3.42. The number of carbonyl (C=O) groups is 1. The van der Waals surface area contributed by atoms with E-state index in [1.165, 1.54) is 18.2 Å². The molecule has 6 nitrogen and oxygen atoms in total. The molecular weight excluding hydrogens is 272 g/mol. The molecule has 1 amide bonds. The average molecular weight is 285 g/mol. The highest BCUT2D eigenvalue weighted by molar-refractivity contribution is 6.33. The topological polar surface area (TPSA) is 92.5 Å². The van der Waals surface area contributed by atoms with Crippen LogP contribution in [0.4, 0.5) is 5.69 Å². The van der Waals surface area contributed by atoms with Crippen LogP contribution in [0.3, 0.4) is 0 Å². The third-order valence-corrected chi connectivity index (χ3v) is 3.35. The number of nitro benzene ring substituents is 1. The van der Waals surface area contributed by atoms with Crippen LogP contribution in [-0.4, -0.2) is 28.6 Å². The second-order valence-corrected chi connectivity index (χ2v) is 4.95. The first-order valence-corrected chi connectivity index (χ1v) is 6.27. The number of halogens is 1. The normalized spacial score (nSPS) is 15.9. The Balaban J connectivity index is 1.98. The van der Waals surface area contributed by atoms with Crippen LogP contribution in [0, 0.1) is 16.0 Å². The van der Waals surface area contributed by atoms with Crippen molar-refractivity contribution in [3.8, 4) is 0 Å². The van der Waals surface area contributed by atoms with Crippen LogP contribution in [0.25, 0.3) is 0 Å². The highest BCUT2D eigenvalue weighted by Gasteiger charge is 2.29. The highest BCUT2D eigenvalue weighted by Crippen LogP contribution is 2.32. The first-order valence-electron chi connectivity index (χ1n) is 5.89. The summed E-state index contributed by atoms with van der Waals surface area (Å²) in [6, 6.07) is 3.77. The van der Waals surface area contributed by atoms with Gasteiger partial charge in [-0.1, -0.05) is 11.6 Å². The first-order chi connectivity index (χ1) is 8.99. The van der Waals surface area contributed by atoms with Gasteiger partial charge in [0.15, 0.2) is 0 Å².